The molecule has 2 N–H and O–H groups in total. The van der Waals surface area contributed by atoms with Crippen molar-refractivity contribution < 1.29 is 4.79 Å². The van der Waals surface area contributed by atoms with Gasteiger partial charge in [-0.25, -0.2) is 0 Å². The summed E-state index contributed by atoms with van der Waals surface area (Å²) in [6, 6.07) is 4.59. The van der Waals surface area contributed by atoms with Crippen LogP contribution in [-0.2, 0) is 11.3 Å². The van der Waals surface area contributed by atoms with E-state index in [0.29, 0.717) is 0 Å². The predicted molar refractivity (Wildman–Crippen MR) is 82.6 cm³/mol. The van der Waals surface area contributed by atoms with E-state index in [1.165, 1.54) is 4.88 Å². The van der Waals surface area contributed by atoms with Crippen molar-refractivity contribution >= 4 is 29.7 Å². The highest BCUT2D eigenvalue weighted by Gasteiger charge is 2.32. The molecule has 0 bridgehead atoms. The van der Waals surface area contributed by atoms with Crippen LogP contribution in [0.1, 0.15) is 38.0 Å². The van der Waals surface area contributed by atoms with Gasteiger partial charge >= 0.3 is 0 Å². The van der Waals surface area contributed by atoms with Crippen LogP contribution in [0.5, 0.6) is 0 Å². The van der Waals surface area contributed by atoms with Crippen LogP contribution < -0.4 is 5.73 Å². The molecule has 0 aromatic carbocycles. The molecule has 2 unspecified atom stereocenters. The van der Waals surface area contributed by atoms with Gasteiger partial charge in [-0.2, -0.15) is 0 Å². The Labute approximate surface area is 125 Å². The Morgan fingerprint density at radius 2 is 2.26 bits per heavy atom. The topological polar surface area (TPSA) is 46.3 Å². The number of carbonyl (C=O) groups excluding carboxylic acids is 1. The van der Waals surface area contributed by atoms with E-state index < -0.39 is 0 Å². The predicted octanol–water partition coefficient (Wildman–Crippen LogP) is 3.03. The molecule has 1 aliphatic rings. The number of carbonyl (C=O) groups is 1. The van der Waals surface area contributed by atoms with Gasteiger partial charge in [0.2, 0.25) is 5.91 Å². The first-order chi connectivity index (χ1) is 8.58. The monoisotopic (exact) mass is 302 g/mol. The Morgan fingerprint density at radius 3 is 2.74 bits per heavy atom. The molecule has 1 saturated carbocycles. The number of hydrogen-bond donors (Lipinski definition) is 1. The lowest BCUT2D eigenvalue weighted by molar-refractivity contribution is -0.137. The highest BCUT2D eigenvalue weighted by Crippen LogP contribution is 2.27. The molecule has 1 aromatic heterocycles. The van der Waals surface area contributed by atoms with Gasteiger partial charge in [0.1, 0.15) is 0 Å². The van der Waals surface area contributed by atoms with Crippen molar-refractivity contribution in [3.05, 3.63) is 22.4 Å². The van der Waals surface area contributed by atoms with Gasteiger partial charge in [-0.05, 0) is 44.6 Å². The summed E-state index contributed by atoms with van der Waals surface area (Å²) in [6.45, 7) is 4.90. The third-order valence-electron chi connectivity index (χ3n) is 3.64. The summed E-state index contributed by atoms with van der Waals surface area (Å²) >= 11 is 1.71. The summed E-state index contributed by atoms with van der Waals surface area (Å²) in [4.78, 5) is 15.8. The summed E-state index contributed by atoms with van der Waals surface area (Å²) in [7, 11) is 0. The zero-order chi connectivity index (χ0) is 13.1. The van der Waals surface area contributed by atoms with Crippen LogP contribution in [0.3, 0.4) is 0 Å². The molecule has 1 fully saturated rings. The number of amides is 1. The first kappa shape index (κ1) is 16.5. The molecule has 3 nitrogen and oxygen atoms in total. The second-order valence-electron chi connectivity index (χ2n) is 5.41. The van der Waals surface area contributed by atoms with Crippen molar-refractivity contribution in [2.45, 2.75) is 51.7 Å². The molecule has 2 rings (SSSR count). The van der Waals surface area contributed by atoms with E-state index in [1.54, 1.807) is 11.3 Å². The molecule has 5 heteroatoms. The second kappa shape index (κ2) is 7.27. The van der Waals surface area contributed by atoms with E-state index in [2.05, 4.69) is 25.3 Å². The molecule has 1 aliphatic carbocycles. The summed E-state index contributed by atoms with van der Waals surface area (Å²) in [6.07, 6.45) is 2.79. The molecule has 1 aromatic rings. The maximum atomic E-state index is 12.5. The van der Waals surface area contributed by atoms with E-state index >= 15 is 0 Å². The molecule has 0 aliphatic heterocycles. The number of nitrogens with two attached hydrogens (primary N) is 1. The molecular weight excluding hydrogens is 280 g/mol. The minimum atomic E-state index is 0. The van der Waals surface area contributed by atoms with Crippen molar-refractivity contribution in [3.8, 4) is 0 Å². The van der Waals surface area contributed by atoms with Crippen LogP contribution in [0.4, 0.5) is 0 Å². The van der Waals surface area contributed by atoms with Crippen LogP contribution in [0.15, 0.2) is 17.5 Å². The highest BCUT2D eigenvalue weighted by molar-refractivity contribution is 7.09. The van der Waals surface area contributed by atoms with Crippen LogP contribution in [0.25, 0.3) is 0 Å². The third-order valence-corrected chi connectivity index (χ3v) is 4.50. The Balaban J connectivity index is 0.00000180. The largest absolute Gasteiger partial charge is 0.335 e. The van der Waals surface area contributed by atoms with Crippen LogP contribution in [-0.4, -0.2) is 22.9 Å². The van der Waals surface area contributed by atoms with Gasteiger partial charge in [-0.3, -0.25) is 4.79 Å². The molecule has 0 saturated heterocycles. The lowest BCUT2D eigenvalue weighted by Crippen LogP contribution is -2.40. The lowest BCUT2D eigenvalue weighted by atomic mass is 10.1. The Morgan fingerprint density at radius 1 is 1.53 bits per heavy atom. The second-order valence-corrected chi connectivity index (χ2v) is 6.44. The Kier molecular flexibility index (Phi) is 6.30. The SMILES string of the molecule is CC(C)N(Cc1cccs1)C(=O)C1CCC(N)C1.Cl. The molecule has 108 valence electrons. The Bertz CT molecular complexity index is 394. The Hall–Kier alpha value is -0.580. The van der Waals surface area contributed by atoms with Crippen LogP contribution in [0, 0.1) is 5.92 Å². The first-order valence-electron chi connectivity index (χ1n) is 6.66. The first-order valence-corrected chi connectivity index (χ1v) is 7.54. The highest BCUT2D eigenvalue weighted by atomic mass is 35.5. The fraction of sp³-hybridized carbons (Fsp3) is 0.643. The standard InChI is InChI=1S/C14H22N2OS.ClH/c1-10(2)16(9-13-4-3-7-18-13)14(17)11-5-6-12(15)8-11;/h3-4,7,10-12H,5-6,8-9,15H2,1-2H3;1H. The third kappa shape index (κ3) is 4.20. The normalized spacial score (nSPS) is 22.3. The van der Waals surface area contributed by atoms with Gasteiger partial charge in [0, 0.05) is 22.9 Å². The van der Waals surface area contributed by atoms with Gasteiger partial charge in [-0.15, -0.1) is 23.7 Å². The molecular formula is C14H23ClN2OS. The smallest absolute Gasteiger partial charge is 0.226 e. The number of thiophene rings is 1. The summed E-state index contributed by atoms with van der Waals surface area (Å²) in [5, 5.41) is 2.06. The van der Waals surface area contributed by atoms with Gasteiger partial charge in [0.05, 0.1) is 6.54 Å². The fourth-order valence-electron chi connectivity index (χ4n) is 2.56. The zero-order valence-corrected chi connectivity index (χ0v) is 13.2. The van der Waals surface area contributed by atoms with Gasteiger partial charge in [0.25, 0.3) is 0 Å². The van der Waals surface area contributed by atoms with E-state index in [-0.39, 0.29) is 36.3 Å². The average molecular weight is 303 g/mol. The maximum absolute atomic E-state index is 12.5. The lowest BCUT2D eigenvalue weighted by Gasteiger charge is -2.29. The number of halogens is 1. The summed E-state index contributed by atoms with van der Waals surface area (Å²) in [5.41, 5.74) is 5.91. The maximum Gasteiger partial charge on any atom is 0.226 e. The van der Waals surface area contributed by atoms with Crippen LogP contribution in [0.2, 0.25) is 0 Å². The minimum absolute atomic E-state index is 0. The quantitative estimate of drug-likeness (QED) is 0.929. The van der Waals surface area contributed by atoms with Gasteiger partial charge in [-0.1, -0.05) is 6.07 Å². The van der Waals surface area contributed by atoms with E-state index in [1.807, 2.05) is 11.0 Å². The molecule has 19 heavy (non-hydrogen) atoms. The van der Waals surface area contributed by atoms with Crippen molar-refractivity contribution in [2.75, 3.05) is 0 Å². The van der Waals surface area contributed by atoms with Crippen molar-refractivity contribution in [1.82, 2.24) is 4.90 Å². The van der Waals surface area contributed by atoms with E-state index in [9.17, 15) is 4.79 Å². The average Bonchev–Trinajstić information content (AvgIpc) is 2.95. The molecule has 0 radical (unpaired) electrons. The van der Waals surface area contributed by atoms with Crippen molar-refractivity contribution in [1.29, 1.82) is 0 Å². The molecule has 1 heterocycles. The van der Waals surface area contributed by atoms with E-state index in [0.717, 1.165) is 25.8 Å². The number of rotatable bonds is 4. The van der Waals surface area contributed by atoms with Crippen molar-refractivity contribution in [3.63, 3.8) is 0 Å². The van der Waals surface area contributed by atoms with E-state index in [4.69, 9.17) is 5.73 Å². The van der Waals surface area contributed by atoms with Crippen molar-refractivity contribution in [2.24, 2.45) is 11.7 Å². The van der Waals surface area contributed by atoms with Gasteiger partial charge < -0.3 is 10.6 Å². The zero-order valence-electron chi connectivity index (χ0n) is 11.5. The van der Waals surface area contributed by atoms with Gasteiger partial charge in [0.15, 0.2) is 0 Å². The summed E-state index contributed by atoms with van der Waals surface area (Å²) in [5.74, 6) is 0.425. The minimum Gasteiger partial charge on any atom is -0.335 e. The number of nitrogens with zero attached hydrogens (tertiary/aromatic N) is 1. The molecule has 1 amide bonds. The fourth-order valence-corrected chi connectivity index (χ4v) is 3.26. The van der Waals surface area contributed by atoms with Crippen LogP contribution >= 0.6 is 23.7 Å². The summed E-state index contributed by atoms with van der Waals surface area (Å²) < 4.78 is 0. The number of hydrogen-bond acceptors (Lipinski definition) is 3. The molecule has 2 atom stereocenters. The molecule has 0 spiro atoms.